The van der Waals surface area contributed by atoms with Crippen LogP contribution in [0.1, 0.15) is 37.5 Å². The van der Waals surface area contributed by atoms with Crippen molar-refractivity contribution in [3.8, 4) is 11.1 Å². The number of amides is 1. The highest BCUT2D eigenvalue weighted by Crippen LogP contribution is 2.31. The molecule has 218 valence electrons. The van der Waals surface area contributed by atoms with Crippen LogP contribution < -0.4 is 10.2 Å². The number of nitrogens with zero attached hydrogens (tertiary/aromatic N) is 5. The van der Waals surface area contributed by atoms with E-state index in [4.69, 9.17) is 11.6 Å². The lowest BCUT2D eigenvalue weighted by Crippen LogP contribution is -2.33. The van der Waals surface area contributed by atoms with Crippen molar-refractivity contribution in [2.45, 2.75) is 19.5 Å². The van der Waals surface area contributed by atoms with Gasteiger partial charge in [-0.25, -0.2) is 14.8 Å². The number of halogens is 1. The molecule has 0 radical (unpaired) electrons. The number of fused-ring (bicyclic) bond motifs is 2. The van der Waals surface area contributed by atoms with Crippen LogP contribution in [0.5, 0.6) is 0 Å². The van der Waals surface area contributed by atoms with Gasteiger partial charge in [-0.15, -0.1) is 0 Å². The predicted molar refractivity (Wildman–Crippen MR) is 172 cm³/mol. The molecule has 3 aromatic heterocycles. The van der Waals surface area contributed by atoms with Gasteiger partial charge in [0.25, 0.3) is 5.91 Å². The molecule has 0 spiro atoms. The Morgan fingerprint density at radius 3 is 2.70 bits per heavy atom. The monoisotopic (exact) mass is 620 g/mol. The summed E-state index contributed by atoms with van der Waals surface area (Å²) in [5.41, 5.74) is 5.44. The van der Waals surface area contributed by atoms with Crippen LogP contribution in [0.15, 0.2) is 91.3 Å². The molecule has 0 bridgehead atoms. The van der Waals surface area contributed by atoms with Crippen molar-refractivity contribution in [1.82, 2.24) is 19.7 Å². The number of rotatable bonds is 7. The molecule has 1 amide bonds. The van der Waals surface area contributed by atoms with Crippen molar-refractivity contribution in [3.63, 3.8) is 0 Å². The SMILES string of the molecule is O=C(Nc1nc2ccccc2s1)c1cccc2c1CN(c1ccc(-c3cnn(Cc4cccc(Cl)c4)c3)c(C(=O)O)n1)CC2. The topological polar surface area (TPSA) is 113 Å². The van der Waals surface area contributed by atoms with Crippen LogP contribution in [0.25, 0.3) is 21.3 Å². The molecule has 11 heteroatoms. The van der Waals surface area contributed by atoms with E-state index in [0.717, 1.165) is 26.9 Å². The van der Waals surface area contributed by atoms with E-state index < -0.39 is 5.97 Å². The zero-order valence-electron chi connectivity index (χ0n) is 23.3. The molecule has 0 unspecified atom stereocenters. The molecule has 1 aliphatic rings. The van der Waals surface area contributed by atoms with Crippen molar-refractivity contribution in [2.24, 2.45) is 0 Å². The number of para-hydroxylation sites is 1. The largest absolute Gasteiger partial charge is 0.476 e. The summed E-state index contributed by atoms with van der Waals surface area (Å²) in [6, 6.07) is 24.6. The summed E-state index contributed by atoms with van der Waals surface area (Å²) < 4.78 is 2.74. The third-order valence-corrected chi connectivity index (χ3v) is 8.80. The summed E-state index contributed by atoms with van der Waals surface area (Å²) in [5.74, 6) is -0.825. The Kier molecular flexibility index (Phi) is 7.29. The first-order valence-corrected chi connectivity index (χ1v) is 15.1. The van der Waals surface area contributed by atoms with Gasteiger partial charge in [0.15, 0.2) is 10.8 Å². The molecule has 6 aromatic rings. The first-order valence-electron chi connectivity index (χ1n) is 14.0. The van der Waals surface area contributed by atoms with Crippen LogP contribution in [0.2, 0.25) is 5.02 Å². The Morgan fingerprint density at radius 2 is 1.86 bits per heavy atom. The average Bonchev–Trinajstić information content (AvgIpc) is 3.66. The van der Waals surface area contributed by atoms with Crippen molar-refractivity contribution >= 4 is 56.0 Å². The number of carbonyl (C=O) groups excluding carboxylic acids is 1. The molecule has 44 heavy (non-hydrogen) atoms. The van der Waals surface area contributed by atoms with E-state index in [9.17, 15) is 14.7 Å². The molecule has 0 saturated heterocycles. The minimum atomic E-state index is -1.13. The van der Waals surface area contributed by atoms with E-state index in [1.165, 1.54) is 11.3 Å². The quantitative estimate of drug-likeness (QED) is 0.202. The van der Waals surface area contributed by atoms with Crippen LogP contribution in [0.3, 0.4) is 0 Å². The van der Waals surface area contributed by atoms with Gasteiger partial charge < -0.3 is 10.0 Å². The number of aromatic nitrogens is 4. The predicted octanol–water partition coefficient (Wildman–Crippen LogP) is 6.77. The third kappa shape index (κ3) is 5.52. The lowest BCUT2D eigenvalue weighted by atomic mass is 9.94. The van der Waals surface area contributed by atoms with Gasteiger partial charge >= 0.3 is 5.97 Å². The molecular formula is C33H25ClN6O3S. The van der Waals surface area contributed by atoms with Crippen LogP contribution in [-0.4, -0.2) is 43.3 Å². The van der Waals surface area contributed by atoms with Gasteiger partial charge in [-0.2, -0.15) is 5.10 Å². The lowest BCUT2D eigenvalue weighted by Gasteiger charge is -2.31. The Bertz CT molecular complexity index is 2020. The van der Waals surface area contributed by atoms with E-state index in [2.05, 4.69) is 20.4 Å². The van der Waals surface area contributed by atoms with Gasteiger partial charge in [0, 0.05) is 41.0 Å². The Labute approximate surface area is 261 Å². The molecule has 0 fully saturated rings. The maximum absolute atomic E-state index is 13.4. The Balaban J connectivity index is 1.13. The van der Waals surface area contributed by atoms with Crippen molar-refractivity contribution in [1.29, 1.82) is 0 Å². The second-order valence-electron chi connectivity index (χ2n) is 10.5. The van der Waals surface area contributed by atoms with Crippen LogP contribution in [0.4, 0.5) is 10.9 Å². The number of thiazole rings is 1. The maximum Gasteiger partial charge on any atom is 0.355 e. The van der Waals surface area contributed by atoms with E-state index in [1.54, 1.807) is 23.1 Å². The molecule has 3 aromatic carbocycles. The molecule has 0 atom stereocenters. The van der Waals surface area contributed by atoms with Gasteiger partial charge in [-0.3, -0.25) is 14.8 Å². The number of pyridine rings is 1. The summed E-state index contributed by atoms with van der Waals surface area (Å²) in [4.78, 5) is 36.9. The van der Waals surface area contributed by atoms with Gasteiger partial charge in [-0.05, 0) is 65.6 Å². The average molecular weight is 621 g/mol. The smallest absolute Gasteiger partial charge is 0.355 e. The molecule has 0 aliphatic carbocycles. The maximum atomic E-state index is 13.4. The van der Waals surface area contributed by atoms with Crippen LogP contribution >= 0.6 is 22.9 Å². The van der Waals surface area contributed by atoms with Crippen molar-refractivity contribution in [3.05, 3.63) is 124 Å². The molecule has 9 nitrogen and oxygen atoms in total. The Hall–Kier alpha value is -5.06. The summed E-state index contributed by atoms with van der Waals surface area (Å²) in [7, 11) is 0. The molecule has 7 rings (SSSR count). The van der Waals surface area contributed by atoms with Gasteiger partial charge in [0.05, 0.1) is 23.0 Å². The van der Waals surface area contributed by atoms with Gasteiger partial charge in [0.2, 0.25) is 0 Å². The number of carbonyl (C=O) groups is 2. The fraction of sp³-hybridized carbons (Fsp3) is 0.121. The second kappa shape index (κ2) is 11.6. The van der Waals surface area contributed by atoms with Crippen molar-refractivity contribution < 1.29 is 14.7 Å². The van der Waals surface area contributed by atoms with Crippen LogP contribution in [-0.2, 0) is 19.5 Å². The number of hydrogen-bond donors (Lipinski definition) is 2. The summed E-state index contributed by atoms with van der Waals surface area (Å²) >= 11 is 7.55. The highest BCUT2D eigenvalue weighted by Gasteiger charge is 2.25. The zero-order valence-corrected chi connectivity index (χ0v) is 24.8. The lowest BCUT2D eigenvalue weighted by molar-refractivity contribution is 0.0691. The number of anilines is 2. The van der Waals surface area contributed by atoms with E-state index in [0.29, 0.717) is 58.7 Å². The molecular weight excluding hydrogens is 596 g/mol. The van der Waals surface area contributed by atoms with E-state index in [1.807, 2.05) is 77.7 Å². The fourth-order valence-electron chi connectivity index (χ4n) is 5.51. The van der Waals surface area contributed by atoms with E-state index >= 15 is 0 Å². The molecule has 1 aliphatic heterocycles. The van der Waals surface area contributed by atoms with Crippen LogP contribution in [0, 0.1) is 0 Å². The number of aromatic carboxylic acids is 1. The number of hydrogen-bond acceptors (Lipinski definition) is 7. The Morgan fingerprint density at radius 1 is 1.00 bits per heavy atom. The van der Waals surface area contributed by atoms with Gasteiger partial charge in [0.1, 0.15) is 5.82 Å². The summed E-state index contributed by atoms with van der Waals surface area (Å²) in [6.07, 6.45) is 4.14. The number of carboxylic acids is 1. The molecule has 0 saturated carbocycles. The highest BCUT2D eigenvalue weighted by atomic mass is 35.5. The normalized spacial score (nSPS) is 12.7. The molecule has 4 heterocycles. The van der Waals surface area contributed by atoms with Crippen molar-refractivity contribution in [2.75, 3.05) is 16.8 Å². The zero-order chi connectivity index (χ0) is 30.2. The number of carboxylic acid groups (broad SMARTS) is 1. The highest BCUT2D eigenvalue weighted by molar-refractivity contribution is 7.22. The van der Waals surface area contributed by atoms with E-state index in [-0.39, 0.29) is 11.6 Å². The summed E-state index contributed by atoms with van der Waals surface area (Å²) in [6.45, 7) is 1.55. The fourth-order valence-corrected chi connectivity index (χ4v) is 6.59. The standard InChI is InChI=1S/C33H25ClN6O3S/c34-23-7-3-5-20(15-23)17-40-18-22(16-35-40)24-11-12-29(37-30(24)32(42)43)39-14-13-21-6-4-8-25(26(21)19-39)31(41)38-33-36-27-9-1-2-10-28(27)44-33/h1-12,15-16,18H,13-14,17,19H2,(H,42,43)(H,36,38,41). The minimum Gasteiger partial charge on any atom is -0.476 e. The van der Waals surface area contributed by atoms with Gasteiger partial charge in [-0.1, -0.05) is 59.3 Å². The third-order valence-electron chi connectivity index (χ3n) is 7.62. The first-order chi connectivity index (χ1) is 21.4. The number of benzene rings is 3. The molecule has 2 N–H and O–H groups in total. The summed E-state index contributed by atoms with van der Waals surface area (Å²) in [5, 5.41) is 18.7. The number of nitrogens with one attached hydrogen (secondary N) is 1. The second-order valence-corrected chi connectivity index (χ2v) is 12.0. The minimum absolute atomic E-state index is 0.0579. The first kappa shape index (κ1) is 27.8.